The first kappa shape index (κ1) is 15.8. The molecule has 1 amide bonds. The Labute approximate surface area is 127 Å². The van der Waals surface area contributed by atoms with E-state index in [9.17, 15) is 4.79 Å². The summed E-state index contributed by atoms with van der Waals surface area (Å²) in [6.07, 6.45) is 4.95. The highest BCUT2D eigenvalue weighted by Crippen LogP contribution is 2.17. The Morgan fingerprint density at radius 1 is 1.19 bits per heavy atom. The maximum Gasteiger partial charge on any atom is 0.241 e. The molecule has 0 bridgehead atoms. The van der Waals surface area contributed by atoms with Gasteiger partial charge in [-0.1, -0.05) is 12.8 Å². The number of carbonyl (C=O) groups is 1. The highest BCUT2D eigenvalue weighted by Gasteiger charge is 2.21. The van der Waals surface area contributed by atoms with Crippen LogP contribution < -0.4 is 10.1 Å². The molecule has 1 fully saturated rings. The smallest absolute Gasteiger partial charge is 0.241 e. The van der Waals surface area contributed by atoms with Crippen molar-refractivity contribution in [1.82, 2.24) is 4.90 Å². The zero-order valence-electron chi connectivity index (χ0n) is 13.1. The normalized spacial score (nSPS) is 17.8. The lowest BCUT2D eigenvalue weighted by Crippen LogP contribution is -2.42. The monoisotopic (exact) mass is 290 g/mol. The topological polar surface area (TPSA) is 41.6 Å². The second kappa shape index (κ2) is 8.03. The Bertz CT molecular complexity index is 437. The standard InChI is InChI=1S/C17H26N2O2/c1-3-21-16-10-8-15(9-11-16)18-17(20)14(2)19-12-6-4-5-7-13-19/h8-11,14H,3-7,12-13H2,1-2H3,(H,18,20)/t14-/m1/s1. The predicted octanol–water partition coefficient (Wildman–Crippen LogP) is 3.29. The van der Waals surface area contributed by atoms with Crippen molar-refractivity contribution in [3.8, 4) is 5.75 Å². The summed E-state index contributed by atoms with van der Waals surface area (Å²) in [6, 6.07) is 7.47. The van der Waals surface area contributed by atoms with E-state index in [-0.39, 0.29) is 11.9 Å². The number of carbonyl (C=O) groups excluding carboxylic acids is 1. The lowest BCUT2D eigenvalue weighted by Gasteiger charge is -2.26. The zero-order valence-corrected chi connectivity index (χ0v) is 13.1. The fourth-order valence-corrected chi connectivity index (χ4v) is 2.70. The Morgan fingerprint density at radius 3 is 2.38 bits per heavy atom. The third kappa shape index (κ3) is 4.74. The maximum atomic E-state index is 12.4. The average Bonchev–Trinajstić information content (AvgIpc) is 2.78. The lowest BCUT2D eigenvalue weighted by molar-refractivity contribution is -0.120. The molecule has 0 saturated carbocycles. The van der Waals surface area contributed by atoms with Crippen molar-refractivity contribution in [1.29, 1.82) is 0 Å². The van der Waals surface area contributed by atoms with Crippen molar-refractivity contribution in [2.75, 3.05) is 25.0 Å². The van der Waals surface area contributed by atoms with Crippen molar-refractivity contribution >= 4 is 11.6 Å². The van der Waals surface area contributed by atoms with E-state index < -0.39 is 0 Å². The van der Waals surface area contributed by atoms with Crippen LogP contribution in [0.25, 0.3) is 0 Å². The van der Waals surface area contributed by atoms with Crippen LogP contribution in [0.1, 0.15) is 39.5 Å². The minimum Gasteiger partial charge on any atom is -0.494 e. The highest BCUT2D eigenvalue weighted by molar-refractivity contribution is 5.94. The molecule has 1 saturated heterocycles. The number of amides is 1. The van der Waals surface area contributed by atoms with E-state index in [2.05, 4.69) is 10.2 Å². The molecule has 21 heavy (non-hydrogen) atoms. The maximum absolute atomic E-state index is 12.4. The van der Waals surface area contributed by atoms with E-state index in [0.29, 0.717) is 6.61 Å². The summed E-state index contributed by atoms with van der Waals surface area (Å²) < 4.78 is 5.40. The molecule has 0 aromatic heterocycles. The van der Waals surface area contributed by atoms with Gasteiger partial charge in [-0.05, 0) is 64.0 Å². The van der Waals surface area contributed by atoms with Gasteiger partial charge in [-0.3, -0.25) is 9.69 Å². The number of ether oxygens (including phenoxy) is 1. The summed E-state index contributed by atoms with van der Waals surface area (Å²) in [4.78, 5) is 14.6. The van der Waals surface area contributed by atoms with Crippen molar-refractivity contribution in [2.45, 2.75) is 45.6 Å². The van der Waals surface area contributed by atoms with Crippen LogP contribution in [0.15, 0.2) is 24.3 Å². The molecule has 1 aromatic carbocycles. The molecule has 1 heterocycles. The van der Waals surface area contributed by atoms with Crippen LogP contribution in [0, 0.1) is 0 Å². The molecule has 1 aromatic rings. The minimum atomic E-state index is -0.0744. The highest BCUT2D eigenvalue weighted by atomic mass is 16.5. The summed E-state index contributed by atoms with van der Waals surface area (Å²) in [5.74, 6) is 0.900. The molecule has 4 nitrogen and oxygen atoms in total. The SMILES string of the molecule is CCOc1ccc(NC(=O)[C@@H](C)N2CCCCCC2)cc1. The molecule has 0 radical (unpaired) electrons. The summed E-state index contributed by atoms with van der Waals surface area (Å²) in [7, 11) is 0. The molecule has 0 spiro atoms. The predicted molar refractivity (Wildman–Crippen MR) is 85.7 cm³/mol. The van der Waals surface area contributed by atoms with E-state index in [1.807, 2.05) is 38.1 Å². The van der Waals surface area contributed by atoms with E-state index in [0.717, 1.165) is 24.5 Å². The van der Waals surface area contributed by atoms with E-state index >= 15 is 0 Å². The van der Waals surface area contributed by atoms with Crippen molar-refractivity contribution in [3.63, 3.8) is 0 Å². The third-order valence-corrected chi connectivity index (χ3v) is 4.00. The molecule has 4 heteroatoms. The number of anilines is 1. The molecule has 1 N–H and O–H groups in total. The van der Waals surface area contributed by atoms with Gasteiger partial charge in [-0.25, -0.2) is 0 Å². The fraction of sp³-hybridized carbons (Fsp3) is 0.588. The molecule has 116 valence electrons. The first-order valence-electron chi connectivity index (χ1n) is 7.98. The molecule has 2 rings (SSSR count). The summed E-state index contributed by atoms with van der Waals surface area (Å²) in [6.45, 7) is 6.65. The Balaban J connectivity index is 1.90. The minimum absolute atomic E-state index is 0.0704. The van der Waals surface area contributed by atoms with Crippen LogP contribution >= 0.6 is 0 Å². The summed E-state index contributed by atoms with van der Waals surface area (Å²) >= 11 is 0. The lowest BCUT2D eigenvalue weighted by atomic mass is 10.2. The van der Waals surface area contributed by atoms with Crippen LogP contribution in [0.2, 0.25) is 0 Å². The number of hydrogen-bond donors (Lipinski definition) is 1. The van der Waals surface area contributed by atoms with Gasteiger partial charge in [0.2, 0.25) is 5.91 Å². The number of hydrogen-bond acceptors (Lipinski definition) is 3. The van der Waals surface area contributed by atoms with Gasteiger partial charge in [-0.2, -0.15) is 0 Å². The molecular weight excluding hydrogens is 264 g/mol. The number of nitrogens with zero attached hydrogens (tertiary/aromatic N) is 1. The van der Waals surface area contributed by atoms with Crippen molar-refractivity contribution in [3.05, 3.63) is 24.3 Å². The molecule has 1 aliphatic rings. The fourth-order valence-electron chi connectivity index (χ4n) is 2.70. The van der Waals surface area contributed by atoms with Crippen LogP contribution in [0.3, 0.4) is 0 Å². The van der Waals surface area contributed by atoms with Crippen LogP contribution in [-0.2, 0) is 4.79 Å². The van der Waals surface area contributed by atoms with Crippen LogP contribution in [0.4, 0.5) is 5.69 Å². The first-order valence-corrected chi connectivity index (χ1v) is 7.98. The van der Waals surface area contributed by atoms with Crippen LogP contribution in [0.5, 0.6) is 5.75 Å². The molecule has 0 aliphatic carbocycles. The van der Waals surface area contributed by atoms with Gasteiger partial charge in [0.05, 0.1) is 12.6 Å². The Hall–Kier alpha value is -1.55. The largest absolute Gasteiger partial charge is 0.494 e. The molecule has 0 unspecified atom stereocenters. The number of benzene rings is 1. The van der Waals surface area contributed by atoms with Crippen molar-refractivity contribution in [2.24, 2.45) is 0 Å². The van der Waals surface area contributed by atoms with Gasteiger partial charge in [0.1, 0.15) is 5.75 Å². The summed E-state index contributed by atoms with van der Waals surface area (Å²) in [5.41, 5.74) is 0.824. The second-order valence-corrected chi connectivity index (χ2v) is 5.57. The summed E-state index contributed by atoms with van der Waals surface area (Å²) in [5, 5.41) is 2.99. The first-order chi connectivity index (χ1) is 10.2. The van der Waals surface area contributed by atoms with Crippen LogP contribution in [-0.4, -0.2) is 36.5 Å². The molecule has 1 atom stereocenters. The number of likely N-dealkylation sites (tertiary alicyclic amines) is 1. The van der Waals surface area contributed by atoms with E-state index in [4.69, 9.17) is 4.74 Å². The Kier molecular flexibility index (Phi) is 6.05. The van der Waals surface area contributed by atoms with Gasteiger partial charge >= 0.3 is 0 Å². The van der Waals surface area contributed by atoms with Gasteiger partial charge in [-0.15, -0.1) is 0 Å². The molecular formula is C17H26N2O2. The van der Waals surface area contributed by atoms with E-state index in [1.165, 1.54) is 25.7 Å². The second-order valence-electron chi connectivity index (χ2n) is 5.57. The zero-order chi connectivity index (χ0) is 15.1. The van der Waals surface area contributed by atoms with Gasteiger partial charge in [0, 0.05) is 5.69 Å². The van der Waals surface area contributed by atoms with Gasteiger partial charge in [0.15, 0.2) is 0 Å². The number of nitrogens with one attached hydrogen (secondary N) is 1. The quantitative estimate of drug-likeness (QED) is 0.904. The Morgan fingerprint density at radius 2 is 1.81 bits per heavy atom. The molecule has 1 aliphatic heterocycles. The van der Waals surface area contributed by atoms with Gasteiger partial charge in [0.25, 0.3) is 0 Å². The van der Waals surface area contributed by atoms with Crippen molar-refractivity contribution < 1.29 is 9.53 Å². The van der Waals surface area contributed by atoms with Gasteiger partial charge < -0.3 is 10.1 Å². The van der Waals surface area contributed by atoms with E-state index in [1.54, 1.807) is 0 Å². The number of rotatable bonds is 5. The third-order valence-electron chi connectivity index (χ3n) is 4.00. The average molecular weight is 290 g/mol.